The van der Waals surface area contributed by atoms with Crippen molar-refractivity contribution in [2.75, 3.05) is 13.6 Å². The fraction of sp³-hybridized carbons (Fsp3) is 0.562. The van der Waals surface area contributed by atoms with Crippen LogP contribution in [0.2, 0.25) is 0 Å². The molecule has 0 aromatic heterocycles. The van der Waals surface area contributed by atoms with Crippen LogP contribution < -0.4 is 5.32 Å². The normalized spacial score (nSPS) is 24.2. The fourth-order valence-corrected chi connectivity index (χ4v) is 2.71. The first kappa shape index (κ1) is 14.1. The number of nitrogens with one attached hydrogen (secondary N) is 1. The van der Waals surface area contributed by atoms with Crippen molar-refractivity contribution in [1.29, 1.82) is 0 Å². The third-order valence-electron chi connectivity index (χ3n) is 4.30. The number of aryl methyl sites for hydroxylation is 1. The van der Waals surface area contributed by atoms with Crippen molar-refractivity contribution < 1.29 is 4.79 Å². The van der Waals surface area contributed by atoms with E-state index in [2.05, 4.69) is 43.4 Å². The van der Waals surface area contributed by atoms with Crippen LogP contribution in [0.25, 0.3) is 0 Å². The van der Waals surface area contributed by atoms with Gasteiger partial charge in [-0.15, -0.1) is 0 Å². The molecule has 1 saturated heterocycles. The Labute approximate surface area is 116 Å². The predicted octanol–water partition coefficient (Wildman–Crippen LogP) is 2.66. The molecule has 19 heavy (non-hydrogen) atoms. The third kappa shape index (κ3) is 2.81. The largest absolute Gasteiger partial charge is 0.337 e. The summed E-state index contributed by atoms with van der Waals surface area (Å²) in [4.78, 5) is 14.5. The fourth-order valence-electron chi connectivity index (χ4n) is 2.71. The van der Waals surface area contributed by atoms with Gasteiger partial charge in [-0.3, -0.25) is 4.79 Å². The molecule has 0 aliphatic carbocycles. The Bertz CT molecular complexity index is 446. The zero-order chi connectivity index (χ0) is 14.0. The molecule has 0 bridgehead atoms. The molecule has 2 rings (SSSR count). The molecule has 1 heterocycles. The van der Waals surface area contributed by atoms with E-state index in [-0.39, 0.29) is 17.5 Å². The molecule has 1 N–H and O–H groups in total. The highest BCUT2D eigenvalue weighted by Crippen LogP contribution is 2.26. The number of nitrogens with zero attached hydrogens (tertiary/aromatic N) is 1. The SMILES string of the molecule is Cc1ccc(C(C)N(C)C(=O)C2(C)CCCN2)cc1. The number of amides is 1. The maximum absolute atomic E-state index is 12.6. The quantitative estimate of drug-likeness (QED) is 0.906. The Hall–Kier alpha value is -1.35. The van der Waals surface area contributed by atoms with Crippen LogP contribution in [0.15, 0.2) is 24.3 Å². The molecule has 0 radical (unpaired) electrons. The molecule has 2 atom stereocenters. The van der Waals surface area contributed by atoms with E-state index in [1.807, 2.05) is 18.9 Å². The topological polar surface area (TPSA) is 32.3 Å². The van der Waals surface area contributed by atoms with Crippen molar-refractivity contribution in [3.8, 4) is 0 Å². The second-order valence-corrected chi connectivity index (χ2v) is 5.87. The molecule has 1 aliphatic rings. The Kier molecular flexibility index (Phi) is 3.95. The van der Waals surface area contributed by atoms with Crippen LogP contribution >= 0.6 is 0 Å². The lowest BCUT2D eigenvalue weighted by Gasteiger charge is -2.33. The highest BCUT2D eigenvalue weighted by Gasteiger charge is 2.39. The van der Waals surface area contributed by atoms with Crippen LogP contribution in [0.3, 0.4) is 0 Å². The van der Waals surface area contributed by atoms with Gasteiger partial charge in [0.25, 0.3) is 0 Å². The van der Waals surface area contributed by atoms with E-state index >= 15 is 0 Å². The molecule has 1 aromatic rings. The van der Waals surface area contributed by atoms with Crippen molar-refractivity contribution in [2.24, 2.45) is 0 Å². The lowest BCUT2D eigenvalue weighted by molar-refractivity contribution is -0.137. The summed E-state index contributed by atoms with van der Waals surface area (Å²) in [7, 11) is 1.90. The summed E-state index contributed by atoms with van der Waals surface area (Å²) in [6, 6.07) is 8.51. The second-order valence-electron chi connectivity index (χ2n) is 5.87. The highest BCUT2D eigenvalue weighted by molar-refractivity contribution is 5.86. The van der Waals surface area contributed by atoms with E-state index < -0.39 is 0 Å². The Morgan fingerprint density at radius 3 is 2.53 bits per heavy atom. The van der Waals surface area contributed by atoms with Crippen LogP contribution in [0.1, 0.15) is 43.9 Å². The van der Waals surface area contributed by atoms with Gasteiger partial charge in [0, 0.05) is 7.05 Å². The summed E-state index contributed by atoms with van der Waals surface area (Å²) in [6.07, 6.45) is 2.01. The average Bonchev–Trinajstić information content (AvgIpc) is 2.85. The Morgan fingerprint density at radius 1 is 1.37 bits per heavy atom. The molecular weight excluding hydrogens is 236 g/mol. The van der Waals surface area contributed by atoms with Gasteiger partial charge in [-0.05, 0) is 45.7 Å². The number of carbonyl (C=O) groups excluding carboxylic acids is 1. The van der Waals surface area contributed by atoms with Crippen molar-refractivity contribution in [3.05, 3.63) is 35.4 Å². The molecule has 1 aliphatic heterocycles. The maximum atomic E-state index is 12.6. The first-order valence-corrected chi connectivity index (χ1v) is 7.03. The van der Waals surface area contributed by atoms with Crippen LogP contribution in [0, 0.1) is 6.92 Å². The summed E-state index contributed by atoms with van der Waals surface area (Å²) < 4.78 is 0. The molecule has 3 heteroatoms. The van der Waals surface area contributed by atoms with Gasteiger partial charge in [0.1, 0.15) is 0 Å². The molecule has 1 fully saturated rings. The van der Waals surface area contributed by atoms with Gasteiger partial charge in [0.2, 0.25) is 5.91 Å². The molecule has 0 spiro atoms. The summed E-state index contributed by atoms with van der Waals surface area (Å²) in [6.45, 7) is 7.11. The molecule has 0 saturated carbocycles. The van der Waals surface area contributed by atoms with Gasteiger partial charge in [-0.25, -0.2) is 0 Å². The predicted molar refractivity (Wildman–Crippen MR) is 78.0 cm³/mol. The first-order valence-electron chi connectivity index (χ1n) is 7.03. The number of carbonyl (C=O) groups is 1. The summed E-state index contributed by atoms with van der Waals surface area (Å²) in [5, 5.41) is 3.34. The minimum absolute atomic E-state index is 0.104. The van der Waals surface area contributed by atoms with Crippen molar-refractivity contribution >= 4 is 5.91 Å². The van der Waals surface area contributed by atoms with Gasteiger partial charge in [-0.2, -0.15) is 0 Å². The first-order chi connectivity index (χ1) is 8.94. The van der Waals surface area contributed by atoms with Gasteiger partial charge >= 0.3 is 0 Å². The highest BCUT2D eigenvalue weighted by atomic mass is 16.2. The Morgan fingerprint density at radius 2 is 2.00 bits per heavy atom. The van der Waals surface area contributed by atoms with Gasteiger partial charge < -0.3 is 10.2 Å². The van der Waals surface area contributed by atoms with E-state index in [1.165, 1.54) is 11.1 Å². The zero-order valence-electron chi connectivity index (χ0n) is 12.4. The monoisotopic (exact) mass is 260 g/mol. The lowest BCUT2D eigenvalue weighted by atomic mass is 9.96. The Balaban J connectivity index is 2.12. The number of hydrogen-bond donors (Lipinski definition) is 1. The molecular formula is C16H24N2O. The van der Waals surface area contributed by atoms with E-state index in [0.717, 1.165) is 19.4 Å². The van der Waals surface area contributed by atoms with Crippen LogP contribution in [0.5, 0.6) is 0 Å². The summed E-state index contributed by atoms with van der Waals surface area (Å²) in [5.74, 6) is 0.193. The molecule has 1 amide bonds. The number of rotatable bonds is 3. The molecule has 104 valence electrons. The van der Waals surface area contributed by atoms with Crippen LogP contribution in [0.4, 0.5) is 0 Å². The zero-order valence-corrected chi connectivity index (χ0v) is 12.4. The van der Waals surface area contributed by atoms with Crippen LogP contribution in [-0.2, 0) is 4.79 Å². The van der Waals surface area contributed by atoms with Crippen molar-refractivity contribution in [1.82, 2.24) is 10.2 Å². The number of benzene rings is 1. The van der Waals surface area contributed by atoms with Crippen molar-refractivity contribution in [2.45, 2.75) is 45.2 Å². The number of likely N-dealkylation sites (N-methyl/N-ethyl adjacent to an activating group) is 1. The third-order valence-corrected chi connectivity index (χ3v) is 4.30. The minimum atomic E-state index is -0.381. The standard InChI is InChI=1S/C16H24N2O/c1-12-6-8-14(9-7-12)13(2)18(4)15(19)16(3)10-5-11-17-16/h6-9,13,17H,5,10-11H2,1-4H3. The van der Waals surface area contributed by atoms with E-state index in [0.29, 0.717) is 0 Å². The molecule has 3 nitrogen and oxygen atoms in total. The van der Waals surface area contributed by atoms with E-state index in [9.17, 15) is 4.79 Å². The van der Waals surface area contributed by atoms with E-state index in [4.69, 9.17) is 0 Å². The van der Waals surface area contributed by atoms with Gasteiger partial charge in [0.05, 0.1) is 11.6 Å². The van der Waals surface area contributed by atoms with Crippen LogP contribution in [-0.4, -0.2) is 29.9 Å². The maximum Gasteiger partial charge on any atom is 0.242 e. The van der Waals surface area contributed by atoms with E-state index in [1.54, 1.807) is 0 Å². The van der Waals surface area contributed by atoms with Gasteiger partial charge in [-0.1, -0.05) is 29.8 Å². The number of hydrogen-bond acceptors (Lipinski definition) is 2. The second kappa shape index (κ2) is 5.33. The summed E-state index contributed by atoms with van der Waals surface area (Å²) >= 11 is 0. The smallest absolute Gasteiger partial charge is 0.242 e. The lowest BCUT2D eigenvalue weighted by Crippen LogP contribution is -2.52. The molecule has 1 aromatic carbocycles. The van der Waals surface area contributed by atoms with Gasteiger partial charge in [0.15, 0.2) is 0 Å². The van der Waals surface area contributed by atoms with Crippen molar-refractivity contribution in [3.63, 3.8) is 0 Å². The average molecular weight is 260 g/mol. The molecule has 2 unspecified atom stereocenters. The summed E-state index contributed by atoms with van der Waals surface area (Å²) in [5.41, 5.74) is 2.05. The minimum Gasteiger partial charge on any atom is -0.337 e.